The standard InChI is InChI=1S/C13H11BrN2O3/c1-8-5-6-9(14)7-12(8)19-11-4-2-3-10(15)13(11)16(17)18/h2-7H,15H2,1H3. The van der Waals surface area contributed by atoms with Crippen molar-refractivity contribution in [2.24, 2.45) is 0 Å². The molecule has 2 N–H and O–H groups in total. The molecule has 98 valence electrons. The maximum Gasteiger partial charge on any atom is 0.334 e. The Morgan fingerprint density at radius 2 is 2.00 bits per heavy atom. The summed E-state index contributed by atoms with van der Waals surface area (Å²) in [5.41, 5.74) is 6.35. The molecule has 0 aliphatic rings. The Kier molecular flexibility index (Phi) is 3.71. The first-order chi connectivity index (χ1) is 8.99. The van der Waals surface area contributed by atoms with Crippen LogP contribution in [0.5, 0.6) is 11.5 Å². The summed E-state index contributed by atoms with van der Waals surface area (Å²) in [6.45, 7) is 1.86. The lowest BCUT2D eigenvalue weighted by atomic mass is 10.2. The van der Waals surface area contributed by atoms with E-state index in [1.807, 2.05) is 19.1 Å². The number of hydrogen-bond acceptors (Lipinski definition) is 4. The SMILES string of the molecule is Cc1ccc(Br)cc1Oc1cccc(N)c1[N+](=O)[O-]. The van der Waals surface area contributed by atoms with Gasteiger partial charge >= 0.3 is 5.69 Å². The molecule has 0 fully saturated rings. The molecule has 5 nitrogen and oxygen atoms in total. The fourth-order valence-corrected chi connectivity index (χ4v) is 1.96. The van der Waals surface area contributed by atoms with Crippen LogP contribution in [0.4, 0.5) is 11.4 Å². The number of nitrogens with two attached hydrogens (primary N) is 1. The van der Waals surface area contributed by atoms with E-state index in [2.05, 4.69) is 15.9 Å². The molecule has 0 saturated carbocycles. The van der Waals surface area contributed by atoms with Crippen molar-refractivity contribution >= 4 is 27.3 Å². The lowest BCUT2D eigenvalue weighted by molar-refractivity contribution is -0.384. The van der Waals surface area contributed by atoms with Gasteiger partial charge in [-0.15, -0.1) is 0 Å². The summed E-state index contributed by atoms with van der Waals surface area (Å²) in [6.07, 6.45) is 0. The highest BCUT2D eigenvalue weighted by Crippen LogP contribution is 2.37. The molecule has 0 aromatic heterocycles. The molecule has 0 heterocycles. The second kappa shape index (κ2) is 5.27. The Morgan fingerprint density at radius 3 is 2.68 bits per heavy atom. The Morgan fingerprint density at radius 1 is 1.26 bits per heavy atom. The second-order valence-corrected chi connectivity index (χ2v) is 4.88. The van der Waals surface area contributed by atoms with Gasteiger partial charge in [0.1, 0.15) is 11.4 Å². The summed E-state index contributed by atoms with van der Waals surface area (Å²) < 4.78 is 6.44. The normalized spacial score (nSPS) is 10.2. The van der Waals surface area contributed by atoms with Crippen LogP contribution in [0, 0.1) is 17.0 Å². The van der Waals surface area contributed by atoms with Gasteiger partial charge in [-0.25, -0.2) is 0 Å². The average Bonchev–Trinajstić information content (AvgIpc) is 2.33. The summed E-state index contributed by atoms with van der Waals surface area (Å²) >= 11 is 3.33. The molecule has 2 aromatic carbocycles. The third-order valence-electron chi connectivity index (χ3n) is 2.58. The predicted octanol–water partition coefficient (Wildman–Crippen LogP) is 4.04. The van der Waals surface area contributed by atoms with Crippen molar-refractivity contribution < 1.29 is 9.66 Å². The molecule has 0 spiro atoms. The molecular formula is C13H11BrN2O3. The van der Waals surface area contributed by atoms with Gasteiger partial charge in [0, 0.05) is 4.47 Å². The number of para-hydroxylation sites is 1. The smallest absolute Gasteiger partial charge is 0.334 e. The Labute approximate surface area is 118 Å². The highest BCUT2D eigenvalue weighted by molar-refractivity contribution is 9.10. The first-order valence-corrected chi connectivity index (χ1v) is 6.25. The van der Waals surface area contributed by atoms with Gasteiger partial charge in [-0.2, -0.15) is 0 Å². The fraction of sp³-hybridized carbons (Fsp3) is 0.0769. The molecule has 0 amide bonds. The number of nitro groups is 1. The molecule has 0 saturated heterocycles. The van der Waals surface area contributed by atoms with Gasteiger partial charge in [-0.1, -0.05) is 28.1 Å². The van der Waals surface area contributed by atoms with E-state index in [0.717, 1.165) is 10.0 Å². The number of anilines is 1. The van der Waals surface area contributed by atoms with Crippen molar-refractivity contribution in [3.63, 3.8) is 0 Å². The average molecular weight is 323 g/mol. The molecule has 19 heavy (non-hydrogen) atoms. The first-order valence-electron chi connectivity index (χ1n) is 5.46. The van der Waals surface area contributed by atoms with Gasteiger partial charge in [0.05, 0.1) is 4.92 Å². The second-order valence-electron chi connectivity index (χ2n) is 3.96. The van der Waals surface area contributed by atoms with Crippen molar-refractivity contribution in [1.29, 1.82) is 0 Å². The molecule has 0 unspecified atom stereocenters. The zero-order valence-corrected chi connectivity index (χ0v) is 11.7. The van der Waals surface area contributed by atoms with Crippen LogP contribution in [0.2, 0.25) is 0 Å². The van der Waals surface area contributed by atoms with Crippen molar-refractivity contribution in [2.45, 2.75) is 6.92 Å². The monoisotopic (exact) mass is 322 g/mol. The maximum absolute atomic E-state index is 11.0. The number of hydrogen-bond donors (Lipinski definition) is 1. The molecular weight excluding hydrogens is 312 g/mol. The molecule has 2 aromatic rings. The number of rotatable bonds is 3. The highest BCUT2D eigenvalue weighted by Gasteiger charge is 2.20. The van der Waals surface area contributed by atoms with E-state index < -0.39 is 4.92 Å². The quantitative estimate of drug-likeness (QED) is 0.525. The van der Waals surface area contributed by atoms with Crippen LogP contribution in [0.1, 0.15) is 5.56 Å². The van der Waals surface area contributed by atoms with Crippen molar-refractivity contribution in [3.05, 3.63) is 56.5 Å². The van der Waals surface area contributed by atoms with E-state index in [1.54, 1.807) is 12.1 Å². The van der Waals surface area contributed by atoms with E-state index in [1.165, 1.54) is 12.1 Å². The highest BCUT2D eigenvalue weighted by atomic mass is 79.9. The van der Waals surface area contributed by atoms with Crippen LogP contribution in [-0.4, -0.2) is 4.92 Å². The lowest BCUT2D eigenvalue weighted by Crippen LogP contribution is -1.99. The van der Waals surface area contributed by atoms with Crippen molar-refractivity contribution in [2.75, 3.05) is 5.73 Å². The van der Waals surface area contributed by atoms with Gasteiger partial charge in [0.15, 0.2) is 0 Å². The van der Waals surface area contributed by atoms with Gasteiger partial charge in [0.25, 0.3) is 0 Å². The number of nitrogens with zero attached hydrogens (tertiary/aromatic N) is 1. The minimum absolute atomic E-state index is 0.0788. The van der Waals surface area contributed by atoms with Crippen LogP contribution in [0.3, 0.4) is 0 Å². The number of halogens is 1. The number of nitrogen functional groups attached to an aromatic ring is 1. The van der Waals surface area contributed by atoms with Crippen LogP contribution in [-0.2, 0) is 0 Å². The Hall–Kier alpha value is -2.08. The first kappa shape index (κ1) is 13.4. The summed E-state index contributed by atoms with van der Waals surface area (Å²) in [5.74, 6) is 0.675. The van der Waals surface area contributed by atoms with Gasteiger partial charge < -0.3 is 10.5 Å². The summed E-state index contributed by atoms with van der Waals surface area (Å²) in [7, 11) is 0. The number of benzene rings is 2. The Balaban J connectivity index is 2.46. The predicted molar refractivity (Wildman–Crippen MR) is 76.5 cm³/mol. The molecule has 0 atom stereocenters. The van der Waals surface area contributed by atoms with Crippen LogP contribution in [0.15, 0.2) is 40.9 Å². The largest absolute Gasteiger partial charge is 0.450 e. The van der Waals surface area contributed by atoms with E-state index in [9.17, 15) is 10.1 Å². The van der Waals surface area contributed by atoms with Crippen molar-refractivity contribution in [3.8, 4) is 11.5 Å². The van der Waals surface area contributed by atoms with Crippen LogP contribution in [0.25, 0.3) is 0 Å². The van der Waals surface area contributed by atoms with Gasteiger partial charge in [-0.05, 0) is 36.8 Å². The van der Waals surface area contributed by atoms with Gasteiger partial charge in [-0.3, -0.25) is 10.1 Å². The summed E-state index contributed by atoms with van der Waals surface area (Å²) in [5, 5.41) is 11.0. The molecule has 0 bridgehead atoms. The minimum atomic E-state index is -0.544. The molecule has 2 rings (SSSR count). The zero-order chi connectivity index (χ0) is 14.0. The lowest BCUT2D eigenvalue weighted by Gasteiger charge is -2.10. The third-order valence-corrected chi connectivity index (χ3v) is 3.08. The topological polar surface area (TPSA) is 78.4 Å². The van der Waals surface area contributed by atoms with Gasteiger partial charge in [0.2, 0.25) is 5.75 Å². The number of aryl methyl sites for hydroxylation is 1. The minimum Gasteiger partial charge on any atom is -0.450 e. The fourth-order valence-electron chi connectivity index (χ4n) is 1.62. The van der Waals surface area contributed by atoms with E-state index in [4.69, 9.17) is 10.5 Å². The summed E-state index contributed by atoms with van der Waals surface area (Å²) in [6, 6.07) is 10.1. The third kappa shape index (κ3) is 2.85. The summed E-state index contributed by atoms with van der Waals surface area (Å²) in [4.78, 5) is 10.5. The molecule has 0 aliphatic carbocycles. The van der Waals surface area contributed by atoms with Crippen LogP contribution >= 0.6 is 15.9 Å². The molecule has 0 aliphatic heterocycles. The molecule has 0 radical (unpaired) electrons. The maximum atomic E-state index is 11.0. The number of nitro benzene ring substituents is 1. The Bertz CT molecular complexity index is 644. The molecule has 6 heteroatoms. The van der Waals surface area contributed by atoms with E-state index in [-0.39, 0.29) is 17.1 Å². The zero-order valence-electron chi connectivity index (χ0n) is 10.1. The van der Waals surface area contributed by atoms with Crippen LogP contribution < -0.4 is 10.5 Å². The number of ether oxygens (including phenoxy) is 1. The van der Waals surface area contributed by atoms with E-state index in [0.29, 0.717) is 5.75 Å². The van der Waals surface area contributed by atoms with E-state index >= 15 is 0 Å². The van der Waals surface area contributed by atoms with Crippen molar-refractivity contribution in [1.82, 2.24) is 0 Å².